The van der Waals surface area contributed by atoms with Gasteiger partial charge in [0.2, 0.25) is 0 Å². The molecular weight excluding hydrogens is 282 g/mol. The van der Waals surface area contributed by atoms with Gasteiger partial charge in [-0.1, -0.05) is 0 Å². The summed E-state index contributed by atoms with van der Waals surface area (Å²) in [4.78, 5) is 16.3. The van der Waals surface area contributed by atoms with Gasteiger partial charge in [-0.3, -0.25) is 9.89 Å². The summed E-state index contributed by atoms with van der Waals surface area (Å²) in [5, 5.41) is 10.0. The highest BCUT2D eigenvalue weighted by Gasteiger charge is 2.28. The predicted octanol–water partition coefficient (Wildman–Crippen LogP) is 1.57. The van der Waals surface area contributed by atoms with Gasteiger partial charge in [-0.2, -0.15) is 5.10 Å². The summed E-state index contributed by atoms with van der Waals surface area (Å²) < 4.78 is 7.53. The lowest BCUT2D eigenvalue weighted by molar-refractivity contribution is -0.0238. The minimum Gasteiger partial charge on any atom is -0.373 e. The van der Waals surface area contributed by atoms with Crippen LogP contribution in [0.4, 0.5) is 5.82 Å². The molecule has 0 aliphatic carbocycles. The van der Waals surface area contributed by atoms with Crippen molar-refractivity contribution in [3.05, 3.63) is 40.7 Å². The number of ether oxygens (including phenoxy) is 1. The Hall–Kier alpha value is -2.15. The van der Waals surface area contributed by atoms with Gasteiger partial charge in [-0.05, 0) is 19.8 Å². The Bertz CT molecular complexity index is 652. The van der Waals surface area contributed by atoms with Gasteiger partial charge in [0.05, 0.1) is 12.3 Å². The predicted molar refractivity (Wildman–Crippen MR) is 82.7 cm³/mol. The van der Waals surface area contributed by atoms with Crippen LogP contribution in [0.3, 0.4) is 0 Å². The van der Waals surface area contributed by atoms with E-state index in [0.29, 0.717) is 24.8 Å². The molecule has 22 heavy (non-hydrogen) atoms. The molecule has 1 saturated heterocycles. The van der Waals surface area contributed by atoms with E-state index in [9.17, 15) is 4.79 Å². The molecule has 2 N–H and O–H groups in total. The fraction of sp³-hybridized carbons (Fsp3) is 0.533. The average molecular weight is 303 g/mol. The van der Waals surface area contributed by atoms with Crippen LogP contribution in [-0.4, -0.2) is 32.9 Å². The Morgan fingerprint density at radius 1 is 1.55 bits per heavy atom. The molecule has 7 heteroatoms. The average Bonchev–Trinajstić information content (AvgIpc) is 3.08. The zero-order valence-corrected chi connectivity index (χ0v) is 12.7. The van der Waals surface area contributed by atoms with Crippen molar-refractivity contribution in [1.29, 1.82) is 0 Å². The summed E-state index contributed by atoms with van der Waals surface area (Å²) in [7, 11) is 0. The SMILES string of the molecule is CCn1ccnc(NC[C@@H]2CCCO[C@H]2c2cn[nH]c2)c1=O. The fourth-order valence-electron chi connectivity index (χ4n) is 2.88. The molecule has 0 spiro atoms. The third kappa shape index (κ3) is 3.04. The van der Waals surface area contributed by atoms with Crippen molar-refractivity contribution in [2.45, 2.75) is 32.4 Å². The van der Waals surface area contributed by atoms with E-state index in [2.05, 4.69) is 20.5 Å². The highest BCUT2D eigenvalue weighted by Crippen LogP contribution is 2.33. The summed E-state index contributed by atoms with van der Waals surface area (Å²) in [5.41, 5.74) is 0.972. The van der Waals surface area contributed by atoms with Gasteiger partial charge in [0.15, 0.2) is 5.82 Å². The van der Waals surface area contributed by atoms with Crippen LogP contribution in [0.15, 0.2) is 29.6 Å². The van der Waals surface area contributed by atoms with Crippen molar-refractivity contribution in [2.75, 3.05) is 18.5 Å². The smallest absolute Gasteiger partial charge is 0.293 e. The molecule has 0 saturated carbocycles. The highest BCUT2D eigenvalue weighted by atomic mass is 16.5. The minimum atomic E-state index is -0.0819. The summed E-state index contributed by atoms with van der Waals surface area (Å²) >= 11 is 0. The van der Waals surface area contributed by atoms with Crippen LogP contribution in [0.2, 0.25) is 0 Å². The Labute approximate surface area is 128 Å². The highest BCUT2D eigenvalue weighted by molar-refractivity contribution is 5.31. The first-order valence-corrected chi connectivity index (χ1v) is 7.69. The van der Waals surface area contributed by atoms with E-state index in [1.807, 2.05) is 13.1 Å². The normalized spacial score (nSPS) is 21.7. The van der Waals surface area contributed by atoms with Gasteiger partial charge in [-0.15, -0.1) is 0 Å². The molecule has 0 radical (unpaired) electrons. The second-order valence-corrected chi connectivity index (χ2v) is 5.47. The molecular formula is C15H21N5O2. The van der Waals surface area contributed by atoms with Crippen molar-refractivity contribution >= 4 is 5.82 Å². The first-order valence-electron chi connectivity index (χ1n) is 7.69. The zero-order chi connectivity index (χ0) is 15.4. The second-order valence-electron chi connectivity index (χ2n) is 5.47. The third-order valence-electron chi connectivity index (χ3n) is 4.08. The maximum Gasteiger partial charge on any atom is 0.293 e. The Morgan fingerprint density at radius 2 is 2.45 bits per heavy atom. The van der Waals surface area contributed by atoms with Crippen LogP contribution < -0.4 is 10.9 Å². The standard InChI is InChI=1S/C15H21N5O2/c1-2-20-6-5-16-14(15(20)21)17-8-11-4-3-7-22-13(11)12-9-18-19-10-12/h5-6,9-11,13H,2-4,7-8H2,1H3,(H,16,17)(H,18,19)/t11-,13+/m0/s1. The van der Waals surface area contributed by atoms with E-state index in [1.165, 1.54) is 0 Å². The molecule has 1 aliphatic rings. The molecule has 2 atom stereocenters. The van der Waals surface area contributed by atoms with Gasteiger partial charge in [0, 0.05) is 49.8 Å². The first-order chi connectivity index (χ1) is 10.8. The zero-order valence-electron chi connectivity index (χ0n) is 12.7. The topological polar surface area (TPSA) is 84.8 Å². The third-order valence-corrected chi connectivity index (χ3v) is 4.08. The van der Waals surface area contributed by atoms with Gasteiger partial charge >= 0.3 is 0 Å². The molecule has 1 fully saturated rings. The van der Waals surface area contributed by atoms with Crippen LogP contribution >= 0.6 is 0 Å². The molecule has 0 amide bonds. The Morgan fingerprint density at radius 3 is 3.23 bits per heavy atom. The lowest BCUT2D eigenvalue weighted by atomic mass is 9.91. The second kappa shape index (κ2) is 6.74. The number of aromatic amines is 1. The molecule has 3 heterocycles. The molecule has 0 aromatic carbocycles. The van der Waals surface area contributed by atoms with Gasteiger partial charge in [-0.25, -0.2) is 4.98 Å². The molecule has 0 unspecified atom stereocenters. The molecule has 2 aromatic heterocycles. The van der Waals surface area contributed by atoms with Crippen LogP contribution in [0, 0.1) is 5.92 Å². The fourth-order valence-corrected chi connectivity index (χ4v) is 2.88. The van der Waals surface area contributed by atoms with E-state index in [-0.39, 0.29) is 11.7 Å². The maximum absolute atomic E-state index is 12.2. The number of rotatable bonds is 5. The van der Waals surface area contributed by atoms with Crippen molar-refractivity contribution in [3.63, 3.8) is 0 Å². The van der Waals surface area contributed by atoms with Crippen LogP contribution in [-0.2, 0) is 11.3 Å². The van der Waals surface area contributed by atoms with E-state index in [4.69, 9.17) is 4.74 Å². The number of anilines is 1. The number of hydrogen-bond acceptors (Lipinski definition) is 5. The van der Waals surface area contributed by atoms with Gasteiger partial charge < -0.3 is 14.6 Å². The van der Waals surface area contributed by atoms with Crippen molar-refractivity contribution in [3.8, 4) is 0 Å². The minimum absolute atomic E-state index is 0.0112. The first kappa shape index (κ1) is 14.8. The molecule has 3 rings (SSSR count). The maximum atomic E-state index is 12.2. The van der Waals surface area contributed by atoms with E-state index in [0.717, 1.165) is 25.0 Å². The monoisotopic (exact) mass is 303 g/mol. The Balaban J connectivity index is 1.71. The van der Waals surface area contributed by atoms with Gasteiger partial charge in [0.25, 0.3) is 5.56 Å². The van der Waals surface area contributed by atoms with Crippen LogP contribution in [0.25, 0.3) is 0 Å². The number of nitrogens with one attached hydrogen (secondary N) is 2. The summed E-state index contributed by atoms with van der Waals surface area (Å²) in [5.74, 6) is 0.698. The quantitative estimate of drug-likeness (QED) is 0.875. The Kier molecular flexibility index (Phi) is 4.53. The number of aryl methyl sites for hydroxylation is 1. The summed E-state index contributed by atoms with van der Waals surface area (Å²) in [6.07, 6.45) is 9.11. The molecule has 7 nitrogen and oxygen atoms in total. The van der Waals surface area contributed by atoms with E-state index in [1.54, 1.807) is 23.2 Å². The number of nitrogens with zero attached hydrogens (tertiary/aromatic N) is 3. The molecule has 1 aliphatic heterocycles. The van der Waals surface area contributed by atoms with E-state index < -0.39 is 0 Å². The van der Waals surface area contributed by atoms with Crippen LogP contribution in [0.5, 0.6) is 0 Å². The van der Waals surface area contributed by atoms with Crippen molar-refractivity contribution in [2.24, 2.45) is 5.92 Å². The van der Waals surface area contributed by atoms with E-state index >= 15 is 0 Å². The summed E-state index contributed by atoms with van der Waals surface area (Å²) in [6, 6.07) is 0. The lowest BCUT2D eigenvalue weighted by Crippen LogP contribution is -2.31. The molecule has 0 bridgehead atoms. The van der Waals surface area contributed by atoms with Crippen molar-refractivity contribution in [1.82, 2.24) is 19.7 Å². The van der Waals surface area contributed by atoms with Crippen molar-refractivity contribution < 1.29 is 4.74 Å². The van der Waals surface area contributed by atoms with Crippen LogP contribution in [0.1, 0.15) is 31.4 Å². The largest absolute Gasteiger partial charge is 0.373 e. The molecule has 118 valence electrons. The number of H-pyrrole nitrogens is 1. The number of hydrogen-bond donors (Lipinski definition) is 2. The molecule has 2 aromatic rings. The lowest BCUT2D eigenvalue weighted by Gasteiger charge is -2.31. The number of aromatic nitrogens is 4. The van der Waals surface area contributed by atoms with Gasteiger partial charge in [0.1, 0.15) is 0 Å². The summed E-state index contributed by atoms with van der Waals surface area (Å²) in [6.45, 7) is 4.00.